The standard InChI is InChI=1S/C30H44N4O5S/c1-20(2)17-38-14-15-39-18-25(35)33-27(30(4,5)6)29(37)34-13-7-8-24(34)28(36)31-16-22-9-11-23(12-10-22)26-21(3)32-19-40-26/h9-12,19-20,24,27H,7-8,13-18H2,1-6H3,(H,31,36)(H,33,35)/t24-,27+/m0/s1. The van der Waals surface area contributed by atoms with Crippen molar-refractivity contribution in [2.24, 2.45) is 11.3 Å². The van der Waals surface area contributed by atoms with Gasteiger partial charge in [0.2, 0.25) is 17.7 Å². The fourth-order valence-corrected chi connectivity index (χ4v) is 5.39. The highest BCUT2D eigenvalue weighted by molar-refractivity contribution is 7.13. The number of ether oxygens (including phenoxy) is 2. The number of carbonyl (C=O) groups is 3. The second kappa shape index (κ2) is 14.7. The van der Waals surface area contributed by atoms with Crippen molar-refractivity contribution < 1.29 is 23.9 Å². The zero-order valence-corrected chi connectivity index (χ0v) is 25.4. The number of aromatic nitrogens is 1. The molecule has 0 spiro atoms. The van der Waals surface area contributed by atoms with Gasteiger partial charge in [0.1, 0.15) is 18.7 Å². The van der Waals surface area contributed by atoms with Crippen LogP contribution in [0.5, 0.6) is 0 Å². The van der Waals surface area contributed by atoms with Crippen LogP contribution < -0.4 is 10.6 Å². The molecule has 0 aliphatic carbocycles. The van der Waals surface area contributed by atoms with Gasteiger partial charge in [-0.3, -0.25) is 14.4 Å². The maximum atomic E-state index is 13.6. The molecule has 0 radical (unpaired) electrons. The third-order valence-electron chi connectivity index (χ3n) is 6.74. The lowest BCUT2D eigenvalue weighted by molar-refractivity contribution is -0.144. The summed E-state index contributed by atoms with van der Waals surface area (Å²) in [5.74, 6) is -0.363. The van der Waals surface area contributed by atoms with Gasteiger partial charge in [0.25, 0.3) is 0 Å². The van der Waals surface area contributed by atoms with E-state index in [-0.39, 0.29) is 24.3 Å². The second-order valence-electron chi connectivity index (χ2n) is 11.8. The molecule has 0 saturated carbocycles. The van der Waals surface area contributed by atoms with E-state index in [1.165, 1.54) is 0 Å². The first-order valence-electron chi connectivity index (χ1n) is 14.0. The van der Waals surface area contributed by atoms with Crippen molar-refractivity contribution in [3.8, 4) is 10.4 Å². The normalized spacial score (nSPS) is 16.3. The molecule has 2 heterocycles. The zero-order valence-electron chi connectivity index (χ0n) is 24.6. The molecule has 2 N–H and O–H groups in total. The Balaban J connectivity index is 1.53. The third kappa shape index (κ3) is 9.11. The number of nitrogens with zero attached hydrogens (tertiary/aromatic N) is 2. The number of amides is 3. The van der Waals surface area contributed by atoms with Crippen LogP contribution in [0.2, 0.25) is 0 Å². The molecule has 3 rings (SSSR count). The molecule has 1 aliphatic rings. The van der Waals surface area contributed by atoms with E-state index in [1.807, 2.05) is 57.5 Å². The second-order valence-corrected chi connectivity index (χ2v) is 12.6. The molecule has 2 aromatic rings. The van der Waals surface area contributed by atoms with E-state index in [2.05, 4.69) is 29.5 Å². The maximum Gasteiger partial charge on any atom is 0.246 e. The van der Waals surface area contributed by atoms with E-state index < -0.39 is 17.5 Å². The van der Waals surface area contributed by atoms with Gasteiger partial charge in [0.15, 0.2) is 0 Å². The van der Waals surface area contributed by atoms with Gasteiger partial charge in [-0.1, -0.05) is 58.9 Å². The summed E-state index contributed by atoms with van der Waals surface area (Å²) in [4.78, 5) is 46.5. The van der Waals surface area contributed by atoms with Crippen LogP contribution in [0, 0.1) is 18.3 Å². The van der Waals surface area contributed by atoms with Crippen molar-refractivity contribution in [1.29, 1.82) is 0 Å². The number of carbonyl (C=O) groups excluding carboxylic acids is 3. The van der Waals surface area contributed by atoms with Gasteiger partial charge in [0, 0.05) is 19.7 Å². The predicted molar refractivity (Wildman–Crippen MR) is 157 cm³/mol. The molecule has 220 valence electrons. The summed E-state index contributed by atoms with van der Waals surface area (Å²) < 4.78 is 10.9. The molecule has 0 bridgehead atoms. The van der Waals surface area contributed by atoms with Crippen LogP contribution in [-0.2, 0) is 30.4 Å². The number of aryl methyl sites for hydroxylation is 1. The Morgan fingerprint density at radius 2 is 1.82 bits per heavy atom. The number of rotatable bonds is 13. The van der Waals surface area contributed by atoms with Crippen LogP contribution in [0.25, 0.3) is 10.4 Å². The minimum Gasteiger partial charge on any atom is -0.379 e. The summed E-state index contributed by atoms with van der Waals surface area (Å²) in [5, 5.41) is 5.85. The lowest BCUT2D eigenvalue weighted by atomic mass is 9.85. The van der Waals surface area contributed by atoms with Crippen molar-refractivity contribution >= 4 is 29.1 Å². The van der Waals surface area contributed by atoms with Crippen molar-refractivity contribution in [2.75, 3.05) is 33.0 Å². The molecule has 1 saturated heterocycles. The number of thiazole rings is 1. The Labute approximate surface area is 242 Å². The first-order chi connectivity index (χ1) is 19.0. The van der Waals surface area contributed by atoms with Gasteiger partial charge in [-0.15, -0.1) is 11.3 Å². The summed E-state index contributed by atoms with van der Waals surface area (Å²) >= 11 is 1.60. The van der Waals surface area contributed by atoms with Crippen molar-refractivity contribution in [2.45, 2.75) is 73.0 Å². The number of likely N-dealkylation sites (tertiary alicyclic amines) is 1. The molecule has 1 aromatic carbocycles. The van der Waals surface area contributed by atoms with Gasteiger partial charge in [-0.05, 0) is 42.2 Å². The smallest absolute Gasteiger partial charge is 0.246 e. The Bertz CT molecular complexity index is 1130. The summed E-state index contributed by atoms with van der Waals surface area (Å²) in [6.07, 6.45) is 1.32. The summed E-state index contributed by atoms with van der Waals surface area (Å²) in [6, 6.07) is 6.71. The van der Waals surface area contributed by atoms with Crippen LogP contribution in [0.3, 0.4) is 0 Å². The number of nitrogens with one attached hydrogen (secondary N) is 2. The van der Waals surface area contributed by atoms with E-state index in [9.17, 15) is 14.4 Å². The van der Waals surface area contributed by atoms with Crippen molar-refractivity contribution in [3.63, 3.8) is 0 Å². The Morgan fingerprint density at radius 3 is 2.45 bits per heavy atom. The van der Waals surface area contributed by atoms with Gasteiger partial charge in [-0.25, -0.2) is 4.98 Å². The van der Waals surface area contributed by atoms with Crippen LogP contribution in [0.4, 0.5) is 0 Å². The fourth-order valence-electron chi connectivity index (χ4n) is 4.58. The maximum absolute atomic E-state index is 13.6. The van der Waals surface area contributed by atoms with Gasteiger partial charge >= 0.3 is 0 Å². The Kier molecular flexibility index (Phi) is 11.7. The minimum atomic E-state index is -0.781. The molecule has 9 nitrogen and oxygen atoms in total. The van der Waals surface area contributed by atoms with Crippen LogP contribution in [0.1, 0.15) is 58.7 Å². The number of hydrogen-bond donors (Lipinski definition) is 2. The lowest BCUT2D eigenvalue weighted by Gasteiger charge is -2.35. The summed E-state index contributed by atoms with van der Waals surface area (Å²) in [7, 11) is 0. The van der Waals surface area contributed by atoms with Crippen LogP contribution in [0.15, 0.2) is 29.8 Å². The summed E-state index contributed by atoms with van der Waals surface area (Å²) in [6.45, 7) is 13.9. The van der Waals surface area contributed by atoms with Crippen molar-refractivity contribution in [1.82, 2.24) is 20.5 Å². The van der Waals surface area contributed by atoms with E-state index >= 15 is 0 Å². The topological polar surface area (TPSA) is 110 Å². The average molecular weight is 573 g/mol. The SMILES string of the molecule is Cc1ncsc1-c1ccc(CNC(=O)[C@@H]2CCCN2C(=O)[C@@H](NC(=O)COCCOCC(C)C)C(C)(C)C)cc1. The molecule has 1 aliphatic heterocycles. The molecule has 40 heavy (non-hydrogen) atoms. The van der Waals surface area contributed by atoms with Gasteiger partial charge in [0.05, 0.1) is 29.3 Å². The van der Waals surface area contributed by atoms with E-state index in [4.69, 9.17) is 9.47 Å². The molecule has 10 heteroatoms. The summed E-state index contributed by atoms with van der Waals surface area (Å²) in [5.41, 5.74) is 4.37. The molecule has 2 atom stereocenters. The minimum absolute atomic E-state index is 0.157. The van der Waals surface area contributed by atoms with Crippen molar-refractivity contribution in [3.05, 3.63) is 41.0 Å². The third-order valence-corrected chi connectivity index (χ3v) is 7.72. The first-order valence-corrected chi connectivity index (χ1v) is 14.9. The number of benzene rings is 1. The highest BCUT2D eigenvalue weighted by atomic mass is 32.1. The highest BCUT2D eigenvalue weighted by Crippen LogP contribution is 2.28. The monoisotopic (exact) mass is 572 g/mol. The quantitative estimate of drug-likeness (QED) is 0.352. The largest absolute Gasteiger partial charge is 0.379 e. The Hall–Kier alpha value is -2.82. The molecular weight excluding hydrogens is 528 g/mol. The van der Waals surface area contributed by atoms with Gasteiger partial charge in [-0.2, -0.15) is 0 Å². The van der Waals surface area contributed by atoms with Crippen LogP contribution >= 0.6 is 11.3 Å². The Morgan fingerprint density at radius 1 is 1.12 bits per heavy atom. The first kappa shape index (κ1) is 31.7. The van der Waals surface area contributed by atoms with E-state index in [1.54, 1.807) is 16.2 Å². The predicted octanol–water partition coefficient (Wildman–Crippen LogP) is 3.95. The molecule has 1 fully saturated rings. The molecule has 3 amide bonds. The molecule has 1 aromatic heterocycles. The molecular formula is C30H44N4O5S. The van der Waals surface area contributed by atoms with Crippen LogP contribution in [-0.4, -0.2) is 72.7 Å². The zero-order chi connectivity index (χ0) is 29.3. The van der Waals surface area contributed by atoms with E-state index in [0.717, 1.165) is 28.1 Å². The van der Waals surface area contributed by atoms with Gasteiger partial charge < -0.3 is 25.0 Å². The fraction of sp³-hybridized carbons (Fsp3) is 0.600. The average Bonchev–Trinajstić information content (AvgIpc) is 3.56. The van der Waals surface area contributed by atoms with E-state index in [0.29, 0.717) is 45.2 Å². The lowest BCUT2D eigenvalue weighted by Crippen LogP contribution is -2.58. The highest BCUT2D eigenvalue weighted by Gasteiger charge is 2.41. The number of hydrogen-bond acceptors (Lipinski definition) is 7. The molecule has 0 unspecified atom stereocenters.